The van der Waals surface area contributed by atoms with Gasteiger partial charge in [0, 0.05) is 25.4 Å². The van der Waals surface area contributed by atoms with Crippen molar-refractivity contribution in [3.63, 3.8) is 0 Å². The van der Waals surface area contributed by atoms with Crippen molar-refractivity contribution in [1.29, 1.82) is 0 Å². The Hall–Kier alpha value is -4.12. The number of hydrogen-bond donors (Lipinski definition) is 3. The number of carbonyl (C=O) groups excluding carboxylic acids is 1. The number of aromatic nitrogens is 1. The lowest BCUT2D eigenvalue weighted by molar-refractivity contribution is -0.192. The van der Waals surface area contributed by atoms with E-state index in [1.807, 2.05) is 54.6 Å². The topological polar surface area (TPSA) is 118 Å². The van der Waals surface area contributed by atoms with E-state index >= 15 is 0 Å². The molecule has 3 aromatic rings. The minimum atomic E-state index is -5.08. The van der Waals surface area contributed by atoms with Crippen LogP contribution in [0.25, 0.3) is 0 Å². The third kappa shape index (κ3) is 6.93. The van der Waals surface area contributed by atoms with Gasteiger partial charge in [0.25, 0.3) is 0 Å². The van der Waals surface area contributed by atoms with Crippen LogP contribution in [-0.4, -0.2) is 46.3 Å². The van der Waals surface area contributed by atoms with Crippen molar-refractivity contribution in [3.8, 4) is 11.6 Å². The van der Waals surface area contributed by atoms with Gasteiger partial charge in [0.1, 0.15) is 0 Å². The summed E-state index contributed by atoms with van der Waals surface area (Å²) in [4.78, 5) is 27.6. The van der Waals surface area contributed by atoms with E-state index in [4.69, 9.17) is 20.4 Å². The molecule has 11 heteroatoms. The first kappa shape index (κ1) is 25.5. The predicted octanol–water partition coefficient (Wildman–Crippen LogP) is 4.60. The third-order valence-corrected chi connectivity index (χ3v) is 5.16. The van der Waals surface area contributed by atoms with E-state index in [1.54, 1.807) is 29.3 Å². The maximum atomic E-state index is 12.8. The number of ether oxygens (including phenoxy) is 1. The number of alkyl halides is 3. The van der Waals surface area contributed by atoms with Gasteiger partial charge in [0.15, 0.2) is 5.75 Å². The van der Waals surface area contributed by atoms with Gasteiger partial charge in [0.2, 0.25) is 5.88 Å². The van der Waals surface area contributed by atoms with Crippen LogP contribution < -0.4 is 15.8 Å². The lowest BCUT2D eigenvalue weighted by Gasteiger charge is -2.25. The number of nitrogens with two attached hydrogens (primary N) is 1. The van der Waals surface area contributed by atoms with Crippen LogP contribution in [0, 0.1) is 0 Å². The number of anilines is 1. The van der Waals surface area contributed by atoms with E-state index in [0.29, 0.717) is 30.4 Å². The molecular weight excluding hydrogens is 465 g/mol. The second kappa shape index (κ2) is 10.9. The fraction of sp³-hybridized carbons (Fsp3) is 0.208. The molecule has 4 N–H and O–H groups in total. The Balaban J connectivity index is 0.000000429. The Morgan fingerprint density at radius 1 is 1.03 bits per heavy atom. The van der Waals surface area contributed by atoms with Crippen molar-refractivity contribution in [2.24, 2.45) is 5.73 Å². The second-order valence-electron chi connectivity index (χ2n) is 7.69. The minimum Gasteiger partial charge on any atom is -0.475 e. The van der Waals surface area contributed by atoms with E-state index in [1.165, 1.54) is 0 Å². The highest BCUT2D eigenvalue weighted by Crippen LogP contribution is 2.32. The number of carbonyl (C=O) groups is 2. The Morgan fingerprint density at radius 2 is 1.66 bits per heavy atom. The number of rotatable bonds is 4. The molecule has 35 heavy (non-hydrogen) atoms. The van der Waals surface area contributed by atoms with E-state index in [2.05, 4.69) is 10.3 Å². The van der Waals surface area contributed by atoms with Gasteiger partial charge in [-0.25, -0.2) is 14.6 Å². The molecule has 1 atom stereocenters. The molecule has 1 unspecified atom stereocenters. The summed E-state index contributed by atoms with van der Waals surface area (Å²) in [7, 11) is 0. The first-order valence-electron chi connectivity index (χ1n) is 10.5. The quantitative estimate of drug-likeness (QED) is 0.494. The maximum Gasteiger partial charge on any atom is 0.490 e. The highest BCUT2D eigenvalue weighted by Gasteiger charge is 2.39. The molecule has 1 saturated heterocycles. The van der Waals surface area contributed by atoms with Gasteiger partial charge in [-0.3, -0.25) is 0 Å². The summed E-state index contributed by atoms with van der Waals surface area (Å²) in [5, 5.41) is 10.1. The number of halogens is 3. The molecule has 1 fully saturated rings. The molecule has 0 saturated carbocycles. The van der Waals surface area contributed by atoms with Gasteiger partial charge in [-0.2, -0.15) is 13.2 Å². The van der Waals surface area contributed by atoms with E-state index in [-0.39, 0.29) is 6.03 Å². The van der Waals surface area contributed by atoms with Gasteiger partial charge < -0.3 is 25.8 Å². The van der Waals surface area contributed by atoms with Crippen molar-refractivity contribution in [2.45, 2.75) is 18.1 Å². The summed E-state index contributed by atoms with van der Waals surface area (Å²) in [6.07, 6.45) is -2.71. The lowest BCUT2D eigenvalue weighted by atomic mass is 9.90. The number of likely N-dealkylation sites (tertiary alicyclic amines) is 1. The molecule has 0 radical (unpaired) electrons. The molecule has 1 aromatic heterocycles. The summed E-state index contributed by atoms with van der Waals surface area (Å²) in [5.41, 5.74) is 7.69. The first-order valence-corrected chi connectivity index (χ1v) is 10.5. The number of benzene rings is 2. The number of hydrogen-bond acceptors (Lipinski definition) is 5. The number of carboxylic acids is 1. The Kier molecular flexibility index (Phi) is 7.92. The zero-order valence-electron chi connectivity index (χ0n) is 18.4. The van der Waals surface area contributed by atoms with Crippen molar-refractivity contribution in [3.05, 3.63) is 84.6 Å². The number of para-hydroxylation sites is 2. The maximum absolute atomic E-state index is 12.8. The first-order chi connectivity index (χ1) is 16.6. The van der Waals surface area contributed by atoms with Gasteiger partial charge in [-0.05, 0) is 30.2 Å². The molecule has 0 spiro atoms. The molecule has 4 rings (SSSR count). The van der Waals surface area contributed by atoms with Gasteiger partial charge >= 0.3 is 18.2 Å². The number of aliphatic carboxylic acids is 1. The molecule has 8 nitrogen and oxygen atoms in total. The molecule has 184 valence electrons. The molecule has 1 aliphatic rings. The summed E-state index contributed by atoms with van der Waals surface area (Å²) < 4.78 is 37.6. The molecule has 0 bridgehead atoms. The molecule has 2 heterocycles. The Labute approximate surface area is 199 Å². The average Bonchev–Trinajstić information content (AvgIpc) is 3.25. The SMILES string of the molecule is NC1(c2ccccc2)CCN(C(=O)Nc2ccccc2Oc2ccccn2)C1.O=C(O)C(F)(F)F. The van der Waals surface area contributed by atoms with E-state index < -0.39 is 17.7 Å². The van der Waals surface area contributed by atoms with Crippen LogP contribution in [0.3, 0.4) is 0 Å². The summed E-state index contributed by atoms with van der Waals surface area (Å²) in [6.45, 7) is 1.06. The Bertz CT molecular complexity index is 1150. The third-order valence-electron chi connectivity index (χ3n) is 5.16. The largest absolute Gasteiger partial charge is 0.490 e. The zero-order valence-corrected chi connectivity index (χ0v) is 18.4. The molecule has 2 amide bonds. The number of amides is 2. The smallest absolute Gasteiger partial charge is 0.475 e. The van der Waals surface area contributed by atoms with Gasteiger partial charge in [-0.15, -0.1) is 0 Å². The molecule has 2 aromatic carbocycles. The van der Waals surface area contributed by atoms with Crippen LogP contribution in [0.2, 0.25) is 0 Å². The number of carboxylic acid groups (broad SMARTS) is 1. The van der Waals surface area contributed by atoms with Crippen LogP contribution in [0.15, 0.2) is 79.0 Å². The highest BCUT2D eigenvalue weighted by molar-refractivity contribution is 5.91. The number of nitrogens with zero attached hydrogens (tertiary/aromatic N) is 2. The van der Waals surface area contributed by atoms with Crippen LogP contribution in [0.5, 0.6) is 11.6 Å². The van der Waals surface area contributed by atoms with Crippen LogP contribution in [-0.2, 0) is 10.3 Å². The van der Waals surface area contributed by atoms with Crippen molar-refractivity contribution < 1.29 is 32.6 Å². The number of urea groups is 1. The normalized spacial score (nSPS) is 17.2. The van der Waals surface area contributed by atoms with Gasteiger partial charge in [-0.1, -0.05) is 48.5 Å². The Morgan fingerprint density at radius 3 is 2.29 bits per heavy atom. The monoisotopic (exact) mass is 488 g/mol. The predicted molar refractivity (Wildman–Crippen MR) is 122 cm³/mol. The molecule has 0 aliphatic carbocycles. The fourth-order valence-electron chi connectivity index (χ4n) is 3.39. The highest BCUT2D eigenvalue weighted by atomic mass is 19.4. The van der Waals surface area contributed by atoms with E-state index in [0.717, 1.165) is 12.0 Å². The van der Waals surface area contributed by atoms with Crippen LogP contribution >= 0.6 is 0 Å². The summed E-state index contributed by atoms with van der Waals surface area (Å²) in [6, 6.07) is 22.5. The zero-order chi connectivity index (χ0) is 25.5. The lowest BCUT2D eigenvalue weighted by Crippen LogP contribution is -2.42. The fourth-order valence-corrected chi connectivity index (χ4v) is 3.39. The van der Waals surface area contributed by atoms with E-state index in [9.17, 15) is 18.0 Å². The molecular formula is C24H23F3N4O4. The van der Waals surface area contributed by atoms with Crippen LogP contribution in [0.1, 0.15) is 12.0 Å². The standard InChI is InChI=1S/C22H22N4O2.C2HF3O2/c23-22(17-8-2-1-3-9-17)13-15-26(16-22)21(27)25-18-10-4-5-11-19(18)28-20-12-6-7-14-24-20;3-2(4,5)1(6)7/h1-12,14H,13,15-16,23H2,(H,25,27);(H,6,7). The van der Waals surface area contributed by atoms with Crippen molar-refractivity contribution in [2.75, 3.05) is 18.4 Å². The summed E-state index contributed by atoms with van der Waals surface area (Å²) in [5.74, 6) is -1.75. The second-order valence-corrected chi connectivity index (χ2v) is 7.69. The van der Waals surface area contributed by atoms with Crippen molar-refractivity contribution >= 4 is 17.7 Å². The van der Waals surface area contributed by atoms with Crippen LogP contribution in [0.4, 0.5) is 23.7 Å². The summed E-state index contributed by atoms with van der Waals surface area (Å²) >= 11 is 0. The minimum absolute atomic E-state index is 0.194. The van der Waals surface area contributed by atoms with Crippen molar-refractivity contribution in [1.82, 2.24) is 9.88 Å². The van der Waals surface area contributed by atoms with Gasteiger partial charge in [0.05, 0.1) is 11.2 Å². The number of pyridine rings is 1. The number of nitrogens with one attached hydrogen (secondary N) is 1. The molecule has 1 aliphatic heterocycles. The average molecular weight is 488 g/mol.